The minimum absolute atomic E-state index is 0.0939. The van der Waals surface area contributed by atoms with Crippen molar-refractivity contribution >= 4 is 40.4 Å². The molecule has 2 amide bonds. The van der Waals surface area contributed by atoms with Crippen LogP contribution in [0.1, 0.15) is 51.0 Å². The highest BCUT2D eigenvalue weighted by molar-refractivity contribution is 6.05. The number of hydrogen-bond donors (Lipinski definition) is 2. The fourth-order valence-electron chi connectivity index (χ4n) is 4.83. The van der Waals surface area contributed by atoms with E-state index in [0.29, 0.717) is 46.5 Å². The van der Waals surface area contributed by atoms with Gasteiger partial charge in [0.25, 0.3) is 5.91 Å². The molecule has 0 unspecified atom stereocenters. The predicted octanol–water partition coefficient (Wildman–Crippen LogP) is 5.23. The number of carbonyl (C=O) groups excluding carboxylic acids is 2. The van der Waals surface area contributed by atoms with Crippen LogP contribution in [0.4, 0.5) is 15.9 Å². The molecule has 0 bridgehead atoms. The van der Waals surface area contributed by atoms with Crippen molar-refractivity contribution in [3.05, 3.63) is 54.1 Å². The second kappa shape index (κ2) is 11.4. The van der Waals surface area contributed by atoms with Gasteiger partial charge < -0.3 is 20.5 Å². The smallest absolute Gasteiger partial charge is 0.250 e. The SMILES string of the molecule is C=C(C)C(=O)Nc1ccc(-c2c(C3=C(F)CCCC3)c3c(N)ncnc3n2C)cc1.O=CN1CCCC1. The van der Waals surface area contributed by atoms with Gasteiger partial charge in [-0.2, -0.15) is 0 Å². The zero-order valence-electron chi connectivity index (χ0n) is 21.4. The molecule has 194 valence electrons. The van der Waals surface area contributed by atoms with E-state index in [4.69, 9.17) is 5.73 Å². The molecular weight excluding hydrogens is 471 g/mol. The van der Waals surface area contributed by atoms with Crippen LogP contribution in [-0.4, -0.2) is 44.8 Å². The number of nitrogens with two attached hydrogens (primary N) is 1. The van der Waals surface area contributed by atoms with Crippen molar-refractivity contribution in [3.8, 4) is 11.3 Å². The monoisotopic (exact) mass is 504 g/mol. The first-order valence-electron chi connectivity index (χ1n) is 12.5. The van der Waals surface area contributed by atoms with Gasteiger partial charge in [0.2, 0.25) is 6.41 Å². The van der Waals surface area contributed by atoms with Gasteiger partial charge in [-0.1, -0.05) is 18.7 Å². The maximum Gasteiger partial charge on any atom is 0.250 e. The Balaban J connectivity index is 0.000000396. The molecule has 0 saturated carbocycles. The number of rotatable bonds is 5. The number of aryl methyl sites for hydroxylation is 1. The fourth-order valence-corrected chi connectivity index (χ4v) is 4.83. The number of aromatic nitrogens is 3. The van der Waals surface area contributed by atoms with Gasteiger partial charge in [-0.15, -0.1) is 0 Å². The van der Waals surface area contributed by atoms with Gasteiger partial charge in [-0.05, 0) is 68.7 Å². The summed E-state index contributed by atoms with van der Waals surface area (Å²) in [6, 6.07) is 7.43. The van der Waals surface area contributed by atoms with Crippen molar-refractivity contribution in [2.24, 2.45) is 7.05 Å². The van der Waals surface area contributed by atoms with Crippen LogP contribution in [-0.2, 0) is 16.6 Å². The lowest BCUT2D eigenvalue weighted by atomic mass is 9.89. The van der Waals surface area contributed by atoms with E-state index in [2.05, 4.69) is 21.9 Å². The zero-order valence-corrected chi connectivity index (χ0v) is 21.4. The molecule has 0 radical (unpaired) electrons. The van der Waals surface area contributed by atoms with Gasteiger partial charge in [-0.3, -0.25) is 9.59 Å². The van der Waals surface area contributed by atoms with Crippen LogP contribution in [0.25, 0.3) is 27.9 Å². The molecule has 1 fully saturated rings. The predicted molar refractivity (Wildman–Crippen MR) is 145 cm³/mol. The number of anilines is 2. The molecule has 8 nitrogen and oxygen atoms in total. The molecule has 5 rings (SSSR count). The van der Waals surface area contributed by atoms with Crippen LogP contribution in [0.5, 0.6) is 0 Å². The van der Waals surface area contributed by atoms with E-state index in [1.807, 2.05) is 35.9 Å². The highest BCUT2D eigenvalue weighted by atomic mass is 19.1. The van der Waals surface area contributed by atoms with Crippen LogP contribution in [0.15, 0.2) is 48.6 Å². The van der Waals surface area contributed by atoms with Crippen LogP contribution in [0.3, 0.4) is 0 Å². The van der Waals surface area contributed by atoms with Gasteiger partial charge in [0, 0.05) is 37.0 Å². The third-order valence-electron chi connectivity index (χ3n) is 6.79. The van der Waals surface area contributed by atoms with E-state index >= 15 is 0 Å². The van der Waals surface area contributed by atoms with Crippen molar-refractivity contribution < 1.29 is 14.0 Å². The molecule has 0 spiro atoms. The third kappa shape index (κ3) is 5.55. The number of nitrogen functional groups attached to an aromatic ring is 1. The number of amides is 2. The van der Waals surface area contributed by atoms with E-state index in [9.17, 15) is 14.0 Å². The highest BCUT2D eigenvalue weighted by Gasteiger charge is 2.26. The Labute approximate surface area is 216 Å². The average Bonchev–Trinajstić information content (AvgIpc) is 3.52. The van der Waals surface area contributed by atoms with Crippen molar-refractivity contribution in [2.75, 3.05) is 24.1 Å². The summed E-state index contributed by atoms with van der Waals surface area (Å²) in [5, 5.41) is 3.48. The molecule has 0 atom stereocenters. The Bertz CT molecular complexity index is 1350. The first-order chi connectivity index (χ1) is 17.8. The fraction of sp³-hybridized carbons (Fsp3) is 0.357. The van der Waals surface area contributed by atoms with E-state index in [1.54, 1.807) is 11.8 Å². The molecular formula is C28H33FN6O2. The molecule has 9 heteroatoms. The number of allylic oxidation sites excluding steroid dienone is 2. The molecule has 3 heterocycles. The van der Waals surface area contributed by atoms with Crippen LogP contribution in [0.2, 0.25) is 0 Å². The maximum absolute atomic E-state index is 14.9. The van der Waals surface area contributed by atoms with Gasteiger partial charge in [0.15, 0.2) is 0 Å². The largest absolute Gasteiger partial charge is 0.383 e. The molecule has 37 heavy (non-hydrogen) atoms. The Morgan fingerprint density at radius 1 is 1.11 bits per heavy atom. The van der Waals surface area contributed by atoms with Gasteiger partial charge >= 0.3 is 0 Å². The molecule has 2 aromatic heterocycles. The lowest BCUT2D eigenvalue weighted by Gasteiger charge is -2.17. The quantitative estimate of drug-likeness (QED) is 0.366. The number of halogens is 1. The summed E-state index contributed by atoms with van der Waals surface area (Å²) in [4.78, 5) is 32.2. The molecule has 3 aromatic rings. The topological polar surface area (TPSA) is 106 Å². The summed E-state index contributed by atoms with van der Waals surface area (Å²) in [5.74, 6) is 0.0159. The zero-order chi connectivity index (χ0) is 26.5. The van der Waals surface area contributed by atoms with Gasteiger partial charge in [0.1, 0.15) is 23.6 Å². The minimum Gasteiger partial charge on any atom is -0.383 e. The summed E-state index contributed by atoms with van der Waals surface area (Å²) >= 11 is 0. The van der Waals surface area contributed by atoms with Crippen LogP contribution in [0, 0.1) is 0 Å². The molecule has 2 aliphatic rings. The molecule has 1 aliphatic carbocycles. The number of benzene rings is 1. The molecule has 3 N–H and O–H groups in total. The summed E-state index contributed by atoms with van der Waals surface area (Å²) in [6.07, 6.45) is 7.60. The normalized spacial score (nSPS) is 15.4. The minimum atomic E-state index is -0.231. The second-order valence-electron chi connectivity index (χ2n) is 9.49. The first-order valence-corrected chi connectivity index (χ1v) is 12.5. The Morgan fingerprint density at radius 2 is 1.78 bits per heavy atom. The molecule has 1 aromatic carbocycles. The van der Waals surface area contributed by atoms with E-state index in [1.165, 1.54) is 19.2 Å². The Hall–Kier alpha value is -4.01. The highest BCUT2D eigenvalue weighted by Crippen LogP contribution is 2.44. The number of nitrogens with one attached hydrogen (secondary N) is 1. The Kier molecular flexibility index (Phi) is 8.01. The lowest BCUT2D eigenvalue weighted by molar-refractivity contribution is -0.117. The summed E-state index contributed by atoms with van der Waals surface area (Å²) in [7, 11) is 1.89. The number of hydrogen-bond acceptors (Lipinski definition) is 5. The first kappa shape index (κ1) is 26.1. The third-order valence-corrected chi connectivity index (χ3v) is 6.79. The van der Waals surface area contributed by atoms with Crippen molar-refractivity contribution in [3.63, 3.8) is 0 Å². The van der Waals surface area contributed by atoms with E-state index in [0.717, 1.165) is 49.2 Å². The summed E-state index contributed by atoms with van der Waals surface area (Å²) in [5.41, 5.74) is 11.1. The maximum atomic E-state index is 14.9. The standard InChI is InChI=1S/C23H24FN5O.C5H9NO/c1-13(2)23(30)28-15-10-8-14(9-11-15)20-18(16-6-4-5-7-17(16)24)19-21(25)26-12-27-22(19)29(20)3;7-5-6-3-1-2-4-6/h8-12H,1,4-7H2,2-3H3,(H,28,30)(H2,25,26,27);5H,1-4H2. The Morgan fingerprint density at radius 3 is 2.38 bits per heavy atom. The number of carbonyl (C=O) groups is 2. The van der Waals surface area contributed by atoms with Crippen molar-refractivity contribution in [1.29, 1.82) is 0 Å². The van der Waals surface area contributed by atoms with E-state index < -0.39 is 0 Å². The summed E-state index contributed by atoms with van der Waals surface area (Å²) in [6.45, 7) is 7.26. The van der Waals surface area contributed by atoms with E-state index in [-0.39, 0.29) is 11.7 Å². The van der Waals surface area contributed by atoms with Crippen molar-refractivity contribution in [2.45, 2.75) is 45.4 Å². The number of nitrogens with zero attached hydrogens (tertiary/aromatic N) is 4. The number of likely N-dealkylation sites (tertiary alicyclic amines) is 1. The molecule has 1 saturated heterocycles. The lowest BCUT2D eigenvalue weighted by Crippen LogP contribution is -2.15. The molecule has 1 aliphatic heterocycles. The van der Waals surface area contributed by atoms with Gasteiger partial charge in [0.05, 0.1) is 11.1 Å². The second-order valence-corrected chi connectivity index (χ2v) is 9.49. The van der Waals surface area contributed by atoms with Crippen LogP contribution >= 0.6 is 0 Å². The van der Waals surface area contributed by atoms with Crippen LogP contribution < -0.4 is 11.1 Å². The van der Waals surface area contributed by atoms with Gasteiger partial charge in [-0.25, -0.2) is 14.4 Å². The van der Waals surface area contributed by atoms with Crippen molar-refractivity contribution in [1.82, 2.24) is 19.4 Å². The number of fused-ring (bicyclic) bond motifs is 1. The summed E-state index contributed by atoms with van der Waals surface area (Å²) < 4.78 is 16.8. The average molecular weight is 505 g/mol.